The van der Waals surface area contributed by atoms with E-state index in [1.165, 1.54) is 23.1 Å². The number of pyridine rings is 1. The Balaban J connectivity index is 1.76. The first-order chi connectivity index (χ1) is 12.0. The Kier molecular flexibility index (Phi) is 3.82. The van der Waals surface area contributed by atoms with Gasteiger partial charge in [-0.25, -0.2) is 4.39 Å². The molecule has 130 valence electrons. The molecule has 1 aromatic heterocycles. The van der Waals surface area contributed by atoms with Gasteiger partial charge in [-0.2, -0.15) is 0 Å². The van der Waals surface area contributed by atoms with Crippen molar-refractivity contribution in [3.05, 3.63) is 57.3 Å². The lowest BCUT2D eigenvalue weighted by Gasteiger charge is -2.33. The number of amides is 1. The van der Waals surface area contributed by atoms with Crippen molar-refractivity contribution in [3.63, 3.8) is 0 Å². The molecule has 1 aromatic carbocycles. The van der Waals surface area contributed by atoms with E-state index < -0.39 is 5.82 Å². The zero-order valence-corrected chi connectivity index (χ0v) is 14.0. The molecule has 1 amide bonds. The molecule has 0 saturated heterocycles. The van der Waals surface area contributed by atoms with Gasteiger partial charge in [-0.15, -0.1) is 0 Å². The molecule has 0 bridgehead atoms. The van der Waals surface area contributed by atoms with Gasteiger partial charge in [0.15, 0.2) is 0 Å². The molecule has 1 N–H and O–H groups in total. The lowest BCUT2D eigenvalue weighted by molar-refractivity contribution is 0.0959. The third kappa shape index (κ3) is 2.81. The second-order valence-electron chi connectivity index (χ2n) is 6.68. The molecule has 4 rings (SSSR count). The Hall–Kier alpha value is -2.63. The minimum atomic E-state index is -0.424. The number of fused-ring (bicyclic) bond motifs is 2. The van der Waals surface area contributed by atoms with Crippen LogP contribution in [-0.2, 0) is 12.8 Å². The van der Waals surface area contributed by atoms with E-state index in [1.54, 1.807) is 6.07 Å². The van der Waals surface area contributed by atoms with Crippen LogP contribution in [0.4, 0.5) is 10.1 Å². The number of aromatic amines is 1. The molecule has 1 unspecified atom stereocenters. The molecular weight excluding hydrogens is 323 g/mol. The number of nitrogens with one attached hydrogen (secondary N) is 1. The van der Waals surface area contributed by atoms with Gasteiger partial charge in [0.25, 0.3) is 11.5 Å². The van der Waals surface area contributed by atoms with E-state index >= 15 is 0 Å². The smallest absolute Gasteiger partial charge is 0.264 e. The Morgan fingerprint density at radius 1 is 1.28 bits per heavy atom. The lowest BCUT2D eigenvalue weighted by Crippen LogP contribution is -2.44. The molecule has 1 aliphatic carbocycles. The van der Waals surface area contributed by atoms with E-state index in [-0.39, 0.29) is 23.1 Å². The fourth-order valence-corrected chi connectivity index (χ4v) is 3.59. The van der Waals surface area contributed by atoms with Crippen LogP contribution in [-0.4, -0.2) is 23.5 Å². The molecule has 2 aliphatic rings. The number of halogens is 1. The topological polar surface area (TPSA) is 62.4 Å². The second kappa shape index (κ2) is 6.02. The van der Waals surface area contributed by atoms with E-state index in [0.29, 0.717) is 18.0 Å². The summed E-state index contributed by atoms with van der Waals surface area (Å²) in [4.78, 5) is 29.9. The summed E-state index contributed by atoms with van der Waals surface area (Å²) in [5, 5.41) is 0. The average molecular weight is 342 g/mol. The van der Waals surface area contributed by atoms with Crippen LogP contribution in [0.1, 0.15) is 41.4 Å². The van der Waals surface area contributed by atoms with Crippen LogP contribution in [0.15, 0.2) is 29.1 Å². The number of benzene rings is 1. The predicted molar refractivity (Wildman–Crippen MR) is 91.9 cm³/mol. The average Bonchev–Trinajstić information content (AvgIpc) is 2.59. The van der Waals surface area contributed by atoms with Crippen LogP contribution in [0, 0.1) is 5.82 Å². The summed E-state index contributed by atoms with van der Waals surface area (Å²) in [6.07, 6.45) is 3.54. The van der Waals surface area contributed by atoms with E-state index in [2.05, 4.69) is 4.98 Å². The van der Waals surface area contributed by atoms with E-state index in [4.69, 9.17) is 4.74 Å². The van der Waals surface area contributed by atoms with Crippen molar-refractivity contribution in [2.24, 2.45) is 0 Å². The first kappa shape index (κ1) is 15.9. The molecular formula is C19H19FN2O3. The maximum Gasteiger partial charge on any atom is 0.264 e. The van der Waals surface area contributed by atoms with Crippen molar-refractivity contribution in [2.45, 2.75) is 38.7 Å². The number of carbonyl (C=O) groups is 1. The summed E-state index contributed by atoms with van der Waals surface area (Å²) in [5.74, 6) is -0.481. The van der Waals surface area contributed by atoms with Crippen molar-refractivity contribution in [1.82, 2.24) is 4.98 Å². The van der Waals surface area contributed by atoms with E-state index in [9.17, 15) is 14.0 Å². The minimum Gasteiger partial charge on any atom is -0.487 e. The molecule has 1 atom stereocenters. The Bertz CT molecular complexity index is 906. The number of anilines is 1. The Morgan fingerprint density at radius 3 is 2.92 bits per heavy atom. The maximum absolute atomic E-state index is 13.5. The molecule has 0 saturated carbocycles. The van der Waals surface area contributed by atoms with Crippen molar-refractivity contribution >= 4 is 11.6 Å². The van der Waals surface area contributed by atoms with Crippen LogP contribution in [0.3, 0.4) is 0 Å². The molecule has 5 nitrogen and oxygen atoms in total. The third-order valence-electron chi connectivity index (χ3n) is 4.79. The molecule has 2 heterocycles. The first-order valence-corrected chi connectivity index (χ1v) is 8.56. The summed E-state index contributed by atoms with van der Waals surface area (Å²) >= 11 is 0. The zero-order chi connectivity index (χ0) is 17.6. The number of carbonyl (C=O) groups excluding carboxylic acids is 1. The number of hydrogen-bond acceptors (Lipinski definition) is 3. The number of rotatable bonds is 1. The number of hydrogen-bond donors (Lipinski definition) is 1. The van der Waals surface area contributed by atoms with Crippen LogP contribution in [0.25, 0.3) is 0 Å². The van der Waals surface area contributed by atoms with Gasteiger partial charge >= 0.3 is 0 Å². The van der Waals surface area contributed by atoms with Crippen molar-refractivity contribution in [2.75, 3.05) is 11.4 Å². The molecule has 1 aliphatic heterocycles. The number of H-pyrrole nitrogens is 1. The number of aromatic nitrogens is 1. The summed E-state index contributed by atoms with van der Waals surface area (Å²) < 4.78 is 19.1. The standard InChI is InChI=1S/C19H19FN2O3/c1-11-10-22(16-7-6-13(20)9-17(16)25-11)19(24)14-8-12-4-2-3-5-15(12)21-18(14)23/h6-9,11H,2-5,10H2,1H3,(H,21,23). The number of nitrogens with zero attached hydrogens (tertiary/aromatic N) is 1. The minimum absolute atomic E-state index is 0.130. The van der Waals surface area contributed by atoms with Gasteiger partial charge < -0.3 is 14.6 Å². The van der Waals surface area contributed by atoms with Gasteiger partial charge in [-0.05, 0) is 56.4 Å². The maximum atomic E-state index is 13.5. The van der Waals surface area contributed by atoms with E-state index in [1.807, 2.05) is 6.92 Å². The normalized spacial score (nSPS) is 19.0. The first-order valence-electron chi connectivity index (χ1n) is 8.56. The molecule has 0 fully saturated rings. The zero-order valence-electron chi connectivity index (χ0n) is 14.0. The van der Waals surface area contributed by atoms with Gasteiger partial charge in [-0.1, -0.05) is 0 Å². The van der Waals surface area contributed by atoms with Crippen molar-refractivity contribution < 1.29 is 13.9 Å². The predicted octanol–water partition coefficient (Wildman–Crippen LogP) is 2.82. The molecule has 6 heteroatoms. The highest BCUT2D eigenvalue weighted by Gasteiger charge is 2.30. The van der Waals surface area contributed by atoms with Crippen LogP contribution in [0.5, 0.6) is 5.75 Å². The second-order valence-corrected chi connectivity index (χ2v) is 6.68. The van der Waals surface area contributed by atoms with Crippen LogP contribution in [0.2, 0.25) is 0 Å². The van der Waals surface area contributed by atoms with Gasteiger partial charge in [0.1, 0.15) is 23.2 Å². The molecule has 0 radical (unpaired) electrons. The largest absolute Gasteiger partial charge is 0.487 e. The summed E-state index contributed by atoms with van der Waals surface area (Å²) in [6.45, 7) is 2.12. The van der Waals surface area contributed by atoms with Crippen LogP contribution >= 0.6 is 0 Å². The third-order valence-corrected chi connectivity index (χ3v) is 4.79. The van der Waals surface area contributed by atoms with Gasteiger partial charge in [0.2, 0.25) is 0 Å². The van der Waals surface area contributed by atoms with Gasteiger partial charge in [0.05, 0.1) is 12.2 Å². The Morgan fingerprint density at radius 2 is 2.08 bits per heavy atom. The summed E-state index contributed by atoms with van der Waals surface area (Å²) in [6, 6.07) is 5.79. The molecule has 0 spiro atoms. The highest BCUT2D eigenvalue weighted by molar-refractivity contribution is 6.07. The Labute approximate surface area is 144 Å². The van der Waals surface area contributed by atoms with Gasteiger partial charge in [0, 0.05) is 11.8 Å². The van der Waals surface area contributed by atoms with Crippen molar-refractivity contribution in [3.8, 4) is 5.75 Å². The van der Waals surface area contributed by atoms with Crippen molar-refractivity contribution in [1.29, 1.82) is 0 Å². The lowest BCUT2D eigenvalue weighted by atomic mass is 9.94. The quantitative estimate of drug-likeness (QED) is 0.867. The number of aryl methyl sites for hydroxylation is 2. The molecule has 25 heavy (non-hydrogen) atoms. The van der Waals surface area contributed by atoms with E-state index in [0.717, 1.165) is 36.9 Å². The molecule has 2 aromatic rings. The highest BCUT2D eigenvalue weighted by Crippen LogP contribution is 2.34. The van der Waals surface area contributed by atoms with Crippen LogP contribution < -0.4 is 15.2 Å². The monoisotopic (exact) mass is 342 g/mol. The fraction of sp³-hybridized carbons (Fsp3) is 0.368. The summed E-state index contributed by atoms with van der Waals surface area (Å²) in [5.41, 5.74) is 2.22. The SMILES string of the molecule is CC1CN(C(=O)c2cc3c([nH]c2=O)CCCC3)c2ccc(F)cc2O1. The highest BCUT2D eigenvalue weighted by atomic mass is 19.1. The fourth-order valence-electron chi connectivity index (χ4n) is 3.59. The number of ether oxygens (including phenoxy) is 1. The summed E-state index contributed by atoms with van der Waals surface area (Å²) in [7, 11) is 0. The van der Waals surface area contributed by atoms with Gasteiger partial charge in [-0.3, -0.25) is 9.59 Å².